The number of halogens is 3. The van der Waals surface area contributed by atoms with Gasteiger partial charge in [-0.3, -0.25) is 9.48 Å². The lowest BCUT2D eigenvalue weighted by atomic mass is 9.48. The predicted octanol–water partition coefficient (Wildman–Crippen LogP) is 6.46. The van der Waals surface area contributed by atoms with Crippen LogP contribution in [0.3, 0.4) is 0 Å². The van der Waals surface area contributed by atoms with Crippen LogP contribution in [0.5, 0.6) is 5.75 Å². The number of fused-ring (bicyclic) bond motifs is 2. The highest BCUT2D eigenvalue weighted by atomic mass is 19.4. The van der Waals surface area contributed by atoms with Crippen molar-refractivity contribution in [3.05, 3.63) is 59.7 Å². The van der Waals surface area contributed by atoms with E-state index < -0.39 is 40.3 Å². The van der Waals surface area contributed by atoms with Crippen LogP contribution in [0.15, 0.2) is 42.9 Å². The van der Waals surface area contributed by atoms with Gasteiger partial charge in [0, 0.05) is 49.5 Å². The number of carboxylic acid groups (broad SMARTS) is 1. The molecule has 2 aromatic heterocycles. The molecule has 6 fully saturated rings. The number of nitrogens with zero attached hydrogens (tertiary/aromatic N) is 5. The molecule has 2 aliphatic heterocycles. The van der Waals surface area contributed by atoms with Gasteiger partial charge in [-0.15, -0.1) is 0 Å². The Labute approximate surface area is 299 Å². The molecule has 1 saturated heterocycles. The minimum Gasteiger partial charge on any atom is -0.490 e. The van der Waals surface area contributed by atoms with E-state index in [2.05, 4.69) is 20.4 Å². The summed E-state index contributed by atoms with van der Waals surface area (Å²) in [6, 6.07) is 8.02. The molecular formula is C38H43F3N6O5. The normalized spacial score (nSPS) is 31.8. The van der Waals surface area contributed by atoms with E-state index in [4.69, 9.17) is 9.47 Å². The topological polar surface area (TPSA) is 132 Å². The van der Waals surface area contributed by atoms with Crippen molar-refractivity contribution in [3.63, 3.8) is 0 Å². The monoisotopic (exact) mass is 720 g/mol. The molecular weight excluding hydrogens is 677 g/mol. The van der Waals surface area contributed by atoms with Gasteiger partial charge in [-0.2, -0.15) is 18.3 Å². The number of alkyl halides is 3. The number of hydrogen-bond donors (Lipinski definition) is 2. The van der Waals surface area contributed by atoms with Crippen LogP contribution in [-0.4, -0.2) is 68.1 Å². The molecule has 3 aromatic rings. The summed E-state index contributed by atoms with van der Waals surface area (Å²) >= 11 is 0. The van der Waals surface area contributed by atoms with Crippen LogP contribution < -0.4 is 15.0 Å². The van der Waals surface area contributed by atoms with Crippen molar-refractivity contribution >= 4 is 23.5 Å². The van der Waals surface area contributed by atoms with Gasteiger partial charge >= 0.3 is 12.1 Å². The van der Waals surface area contributed by atoms with Crippen LogP contribution in [0.1, 0.15) is 98.3 Å². The number of hydrogen-bond acceptors (Lipinski definition) is 8. The molecule has 52 heavy (non-hydrogen) atoms. The van der Waals surface area contributed by atoms with Crippen LogP contribution in [-0.2, 0) is 21.1 Å². The molecule has 1 spiro atoms. The summed E-state index contributed by atoms with van der Waals surface area (Å²) in [4.78, 5) is 36.7. The standard InChI is InChI=1S/C38H43F3N6O5/c39-38(40,41)32-29(33(48)45-37(34(49)50)24-15-22-14-23(17-24)18-25(37)16-22)20-42-35(44-32)46-21-36(8-12-51-13-9-36)30-19-28(6-7-31(30)46)52-27-4-2-26(3-5-27)47-11-1-10-43-47/h1,6-7,10-11,19-20,22-27H,2-5,8-9,12-18,21H2,(H,45,48)(H,49,50). The van der Waals surface area contributed by atoms with Crippen molar-refractivity contribution in [1.82, 2.24) is 25.1 Å². The van der Waals surface area contributed by atoms with E-state index in [9.17, 15) is 27.9 Å². The number of amides is 1. The number of aliphatic carboxylic acids is 1. The molecule has 0 unspecified atom stereocenters. The van der Waals surface area contributed by atoms with Gasteiger partial charge in [-0.05, 0) is 124 Å². The fourth-order valence-electron chi connectivity index (χ4n) is 10.9. The van der Waals surface area contributed by atoms with Crippen LogP contribution in [0.25, 0.3) is 0 Å². The molecule has 5 aliphatic carbocycles. The highest BCUT2D eigenvalue weighted by Crippen LogP contribution is 2.58. The number of anilines is 2. The van der Waals surface area contributed by atoms with Gasteiger partial charge in [-0.25, -0.2) is 14.8 Å². The number of aromatic nitrogens is 4. The van der Waals surface area contributed by atoms with Gasteiger partial charge in [-0.1, -0.05) is 0 Å². The number of nitrogens with one attached hydrogen (secondary N) is 1. The van der Waals surface area contributed by atoms with E-state index in [1.165, 1.54) is 0 Å². The van der Waals surface area contributed by atoms with E-state index in [0.29, 0.717) is 81.8 Å². The molecule has 0 radical (unpaired) electrons. The number of carbonyl (C=O) groups excluding carboxylic acids is 1. The molecule has 11 nitrogen and oxygen atoms in total. The summed E-state index contributed by atoms with van der Waals surface area (Å²) in [7, 11) is 0. The van der Waals surface area contributed by atoms with E-state index in [1.54, 1.807) is 11.1 Å². The first-order valence-corrected chi connectivity index (χ1v) is 18.7. The summed E-state index contributed by atoms with van der Waals surface area (Å²) in [5, 5.41) is 17.5. The summed E-state index contributed by atoms with van der Waals surface area (Å²) in [6.45, 7) is 1.37. The first-order valence-electron chi connectivity index (χ1n) is 18.7. The van der Waals surface area contributed by atoms with Crippen LogP contribution in [0.4, 0.5) is 24.8 Å². The first-order chi connectivity index (χ1) is 25.0. The van der Waals surface area contributed by atoms with Crippen LogP contribution >= 0.6 is 0 Å². The third kappa shape index (κ3) is 5.54. The molecule has 1 aromatic carbocycles. The molecule has 2 N–H and O–H groups in total. The average Bonchev–Trinajstić information content (AvgIpc) is 3.77. The minimum absolute atomic E-state index is 0.0449. The van der Waals surface area contributed by atoms with Crippen molar-refractivity contribution in [1.29, 1.82) is 0 Å². The molecule has 4 bridgehead atoms. The Morgan fingerprint density at radius 1 is 1.00 bits per heavy atom. The molecule has 10 rings (SSSR count). The van der Waals surface area contributed by atoms with Gasteiger partial charge in [0.05, 0.1) is 17.7 Å². The third-order valence-corrected chi connectivity index (χ3v) is 13.2. The Morgan fingerprint density at radius 2 is 1.71 bits per heavy atom. The lowest BCUT2D eigenvalue weighted by molar-refractivity contribution is -0.163. The maximum atomic E-state index is 14.8. The summed E-state index contributed by atoms with van der Waals surface area (Å²) < 4.78 is 58.6. The maximum absolute atomic E-state index is 14.8. The second-order valence-electron chi connectivity index (χ2n) is 16.1. The maximum Gasteiger partial charge on any atom is 0.434 e. The molecule has 7 aliphatic rings. The molecule has 14 heteroatoms. The van der Waals surface area contributed by atoms with Gasteiger partial charge in [0.25, 0.3) is 5.91 Å². The second kappa shape index (κ2) is 12.4. The lowest BCUT2D eigenvalue weighted by Gasteiger charge is -2.59. The summed E-state index contributed by atoms with van der Waals surface area (Å²) in [5.41, 5.74) is -2.50. The Morgan fingerprint density at radius 3 is 2.35 bits per heavy atom. The molecule has 1 amide bonds. The van der Waals surface area contributed by atoms with E-state index in [0.717, 1.165) is 49.6 Å². The van der Waals surface area contributed by atoms with Gasteiger partial charge in [0.1, 0.15) is 11.3 Å². The SMILES string of the molecule is O=C(NC1(C(=O)O)C2CC3CC(C2)CC1C3)c1cnc(N2CC3(CCOCC3)c3cc(OC4CCC(n5cccn5)CC4)ccc32)nc1C(F)(F)F. The van der Waals surface area contributed by atoms with Crippen LogP contribution in [0, 0.1) is 23.7 Å². The highest BCUT2D eigenvalue weighted by molar-refractivity contribution is 5.99. The fourth-order valence-corrected chi connectivity index (χ4v) is 10.9. The Kier molecular flexibility index (Phi) is 8.05. The van der Waals surface area contributed by atoms with Gasteiger partial charge in [0.2, 0.25) is 5.95 Å². The summed E-state index contributed by atoms with van der Waals surface area (Å²) in [6.07, 6.45) is 8.46. The Bertz CT molecular complexity index is 1830. The van der Waals surface area contributed by atoms with Crippen molar-refractivity contribution in [3.8, 4) is 5.75 Å². The quantitative estimate of drug-likeness (QED) is 0.282. The van der Waals surface area contributed by atoms with Gasteiger partial charge < -0.3 is 24.8 Å². The zero-order chi connectivity index (χ0) is 35.8. The number of benzene rings is 1. The predicted molar refractivity (Wildman–Crippen MR) is 181 cm³/mol. The molecule has 276 valence electrons. The lowest BCUT2D eigenvalue weighted by Crippen LogP contribution is -2.70. The van der Waals surface area contributed by atoms with Crippen molar-refractivity contribution in [2.75, 3.05) is 24.7 Å². The number of rotatable bonds is 7. The number of ether oxygens (including phenoxy) is 2. The largest absolute Gasteiger partial charge is 0.490 e. The Hall–Kier alpha value is -4.20. The van der Waals surface area contributed by atoms with E-state index >= 15 is 0 Å². The first kappa shape index (κ1) is 33.6. The molecule has 0 atom stereocenters. The van der Waals surface area contributed by atoms with Gasteiger partial charge in [0.15, 0.2) is 5.69 Å². The zero-order valence-electron chi connectivity index (χ0n) is 28.9. The van der Waals surface area contributed by atoms with Crippen molar-refractivity contribution < 1.29 is 37.3 Å². The minimum atomic E-state index is -4.99. The smallest absolute Gasteiger partial charge is 0.434 e. The molecule has 5 saturated carbocycles. The van der Waals surface area contributed by atoms with E-state index in [1.807, 2.05) is 35.1 Å². The highest BCUT2D eigenvalue weighted by Gasteiger charge is 2.62. The fraction of sp³-hybridized carbons (Fsp3) is 0.605. The zero-order valence-corrected chi connectivity index (χ0v) is 28.9. The molecule has 4 heterocycles. The van der Waals surface area contributed by atoms with Crippen molar-refractivity contribution in [2.24, 2.45) is 23.7 Å². The van der Waals surface area contributed by atoms with Crippen molar-refractivity contribution in [2.45, 2.75) is 99.9 Å². The third-order valence-electron chi connectivity index (χ3n) is 13.2. The average molecular weight is 721 g/mol. The second-order valence-corrected chi connectivity index (χ2v) is 16.1. The number of carboxylic acids is 1. The Balaban J connectivity index is 0.996. The van der Waals surface area contributed by atoms with E-state index in [-0.39, 0.29) is 23.9 Å². The van der Waals surface area contributed by atoms with Crippen LogP contribution in [0.2, 0.25) is 0 Å². The number of carbonyl (C=O) groups is 2. The summed E-state index contributed by atoms with van der Waals surface area (Å²) in [5.74, 6) is -1.56.